The molecular formula is C23H22N4O2S2. The molecule has 158 valence electrons. The lowest BCUT2D eigenvalue weighted by atomic mass is 10.1. The number of rotatable bonds is 6. The molecule has 1 aliphatic rings. The quantitative estimate of drug-likeness (QED) is 0.316. The summed E-state index contributed by atoms with van der Waals surface area (Å²) in [4.78, 5) is 16.1. The van der Waals surface area contributed by atoms with Gasteiger partial charge in [-0.15, -0.1) is 21.5 Å². The minimum absolute atomic E-state index is 0.124. The van der Waals surface area contributed by atoms with Crippen molar-refractivity contribution in [1.82, 2.24) is 14.8 Å². The number of hydrogen-bond donors (Lipinski definition) is 0. The second kappa shape index (κ2) is 8.82. The van der Waals surface area contributed by atoms with Crippen LogP contribution in [0.25, 0.3) is 15.8 Å². The number of aromatic nitrogens is 3. The predicted octanol–water partition coefficient (Wildman–Crippen LogP) is 4.60. The number of nitrogens with zero attached hydrogens (tertiary/aromatic N) is 4. The number of ketones is 1. The molecule has 0 saturated carbocycles. The van der Waals surface area contributed by atoms with Gasteiger partial charge in [-0.1, -0.05) is 48.2 Å². The van der Waals surface area contributed by atoms with Crippen molar-refractivity contribution in [3.05, 3.63) is 65.0 Å². The number of ether oxygens (including phenoxy) is 1. The second-order valence-electron chi connectivity index (χ2n) is 7.32. The number of thiophene rings is 1. The fraction of sp³-hybridized carbons (Fsp3) is 0.261. The fourth-order valence-electron chi connectivity index (χ4n) is 3.76. The lowest BCUT2D eigenvalue weighted by molar-refractivity contribution is 0.102. The van der Waals surface area contributed by atoms with E-state index in [2.05, 4.69) is 27.2 Å². The second-order valence-corrected chi connectivity index (χ2v) is 9.31. The van der Waals surface area contributed by atoms with Crippen LogP contribution in [0, 0.1) is 6.92 Å². The normalized spacial score (nSPS) is 14.3. The van der Waals surface area contributed by atoms with Crippen molar-refractivity contribution in [2.45, 2.75) is 12.1 Å². The Morgan fingerprint density at radius 3 is 2.58 bits per heavy atom. The molecule has 0 spiro atoms. The van der Waals surface area contributed by atoms with Crippen LogP contribution in [0.3, 0.4) is 0 Å². The Bertz CT molecular complexity index is 1210. The molecule has 4 aromatic rings. The van der Waals surface area contributed by atoms with Crippen molar-refractivity contribution in [3.8, 4) is 5.69 Å². The molecule has 2 aromatic heterocycles. The number of hydrogen-bond acceptors (Lipinski definition) is 7. The Hall–Kier alpha value is -2.68. The molecule has 2 aromatic carbocycles. The SMILES string of the molecule is Cc1c(C(=O)CSc2nnc(N3CCOCC3)n2-c2ccccc2)sc2ccccc12. The van der Waals surface area contributed by atoms with E-state index in [1.54, 1.807) is 11.3 Å². The first kappa shape index (κ1) is 20.2. The van der Waals surface area contributed by atoms with E-state index >= 15 is 0 Å². The summed E-state index contributed by atoms with van der Waals surface area (Å²) >= 11 is 3.00. The highest BCUT2D eigenvalue weighted by molar-refractivity contribution is 7.99. The number of Topliss-reactive ketones (excluding diaryl/α,β-unsaturated/α-hetero) is 1. The van der Waals surface area contributed by atoms with Crippen LogP contribution >= 0.6 is 23.1 Å². The van der Waals surface area contributed by atoms with Crippen molar-refractivity contribution in [2.24, 2.45) is 0 Å². The molecule has 8 heteroatoms. The first-order chi connectivity index (χ1) is 15.2. The van der Waals surface area contributed by atoms with Gasteiger partial charge in [-0.2, -0.15) is 0 Å². The molecular weight excluding hydrogens is 428 g/mol. The molecule has 0 unspecified atom stereocenters. The van der Waals surface area contributed by atoms with Crippen molar-refractivity contribution in [2.75, 3.05) is 37.0 Å². The number of para-hydroxylation sites is 1. The van der Waals surface area contributed by atoms with E-state index in [0.29, 0.717) is 19.0 Å². The van der Waals surface area contributed by atoms with Crippen LogP contribution in [-0.4, -0.2) is 52.6 Å². The maximum absolute atomic E-state index is 13.1. The van der Waals surface area contributed by atoms with Gasteiger partial charge in [0, 0.05) is 17.8 Å². The third-order valence-corrected chi connectivity index (χ3v) is 7.60. The summed E-state index contributed by atoms with van der Waals surface area (Å²) in [6, 6.07) is 18.2. The molecule has 0 bridgehead atoms. The minimum atomic E-state index is 0.124. The van der Waals surface area contributed by atoms with Crippen LogP contribution < -0.4 is 4.90 Å². The summed E-state index contributed by atoms with van der Waals surface area (Å²) in [6.07, 6.45) is 0. The van der Waals surface area contributed by atoms with Gasteiger partial charge < -0.3 is 9.64 Å². The van der Waals surface area contributed by atoms with Gasteiger partial charge in [0.25, 0.3) is 0 Å². The van der Waals surface area contributed by atoms with Crippen LogP contribution in [0.4, 0.5) is 5.95 Å². The van der Waals surface area contributed by atoms with E-state index in [1.807, 2.05) is 54.0 Å². The van der Waals surface area contributed by atoms with Gasteiger partial charge in [0.2, 0.25) is 5.95 Å². The third kappa shape index (κ3) is 3.98. The van der Waals surface area contributed by atoms with Gasteiger partial charge in [-0.3, -0.25) is 9.36 Å². The molecule has 1 fully saturated rings. The van der Waals surface area contributed by atoms with Gasteiger partial charge in [0.15, 0.2) is 10.9 Å². The van der Waals surface area contributed by atoms with Crippen molar-refractivity contribution >= 4 is 44.9 Å². The maximum Gasteiger partial charge on any atom is 0.232 e. The van der Waals surface area contributed by atoms with E-state index < -0.39 is 0 Å². The topological polar surface area (TPSA) is 60.3 Å². The summed E-state index contributed by atoms with van der Waals surface area (Å²) < 4.78 is 8.68. The Labute approximate surface area is 188 Å². The Morgan fingerprint density at radius 2 is 1.81 bits per heavy atom. The van der Waals surface area contributed by atoms with E-state index in [1.165, 1.54) is 11.8 Å². The van der Waals surface area contributed by atoms with Crippen molar-refractivity contribution in [1.29, 1.82) is 0 Å². The zero-order valence-electron chi connectivity index (χ0n) is 17.2. The Morgan fingerprint density at radius 1 is 1.06 bits per heavy atom. The molecule has 0 amide bonds. The molecule has 1 saturated heterocycles. The Kier molecular flexibility index (Phi) is 5.76. The number of morpholine rings is 1. The zero-order valence-corrected chi connectivity index (χ0v) is 18.8. The third-order valence-electron chi connectivity index (χ3n) is 5.35. The molecule has 31 heavy (non-hydrogen) atoms. The number of thioether (sulfide) groups is 1. The van der Waals surface area contributed by atoms with Crippen molar-refractivity contribution in [3.63, 3.8) is 0 Å². The average Bonchev–Trinajstić information content (AvgIpc) is 3.40. The summed E-state index contributed by atoms with van der Waals surface area (Å²) in [5, 5.41) is 10.8. The molecule has 3 heterocycles. The van der Waals surface area contributed by atoms with Gasteiger partial charge in [0.1, 0.15) is 0 Å². The molecule has 5 rings (SSSR count). The molecule has 0 atom stereocenters. The zero-order chi connectivity index (χ0) is 21.2. The number of carbonyl (C=O) groups excluding carboxylic acids is 1. The van der Waals surface area contributed by atoms with Crippen molar-refractivity contribution < 1.29 is 9.53 Å². The monoisotopic (exact) mass is 450 g/mol. The largest absolute Gasteiger partial charge is 0.378 e. The summed E-state index contributed by atoms with van der Waals surface area (Å²) in [6.45, 7) is 4.92. The number of anilines is 1. The highest BCUT2D eigenvalue weighted by atomic mass is 32.2. The van der Waals surface area contributed by atoms with Crippen LogP contribution in [-0.2, 0) is 4.74 Å². The Balaban J connectivity index is 1.43. The molecule has 0 N–H and O–H groups in total. The van der Waals surface area contributed by atoms with Crippen LogP contribution in [0.1, 0.15) is 15.2 Å². The van der Waals surface area contributed by atoms with Crippen LogP contribution in [0.2, 0.25) is 0 Å². The van der Waals surface area contributed by atoms with E-state index in [9.17, 15) is 4.79 Å². The van der Waals surface area contributed by atoms with Gasteiger partial charge >= 0.3 is 0 Å². The van der Waals surface area contributed by atoms with Gasteiger partial charge in [-0.25, -0.2) is 0 Å². The maximum atomic E-state index is 13.1. The summed E-state index contributed by atoms with van der Waals surface area (Å²) in [5.41, 5.74) is 2.05. The van der Waals surface area contributed by atoms with E-state index in [-0.39, 0.29) is 5.78 Å². The highest BCUT2D eigenvalue weighted by Crippen LogP contribution is 2.33. The molecule has 0 radical (unpaired) electrons. The number of benzene rings is 2. The first-order valence-corrected chi connectivity index (χ1v) is 12.0. The smallest absolute Gasteiger partial charge is 0.232 e. The van der Waals surface area contributed by atoms with Gasteiger partial charge in [-0.05, 0) is 36.1 Å². The predicted molar refractivity (Wildman–Crippen MR) is 126 cm³/mol. The summed E-state index contributed by atoms with van der Waals surface area (Å²) in [5.74, 6) is 1.24. The number of fused-ring (bicyclic) bond motifs is 1. The molecule has 1 aliphatic heterocycles. The summed E-state index contributed by atoms with van der Waals surface area (Å²) in [7, 11) is 0. The fourth-order valence-corrected chi connectivity index (χ4v) is 5.82. The lowest BCUT2D eigenvalue weighted by Crippen LogP contribution is -2.37. The highest BCUT2D eigenvalue weighted by Gasteiger charge is 2.23. The molecule has 6 nitrogen and oxygen atoms in total. The van der Waals surface area contributed by atoms with E-state index in [4.69, 9.17) is 4.74 Å². The first-order valence-electron chi connectivity index (χ1n) is 10.2. The standard InChI is InChI=1S/C23H22N4O2S2/c1-16-18-9-5-6-10-20(18)31-21(16)19(28)15-30-23-25-24-22(26-11-13-29-14-12-26)27(23)17-7-3-2-4-8-17/h2-10H,11-15H2,1H3. The molecule has 0 aliphatic carbocycles. The van der Waals surface area contributed by atoms with E-state index in [0.717, 1.165) is 50.4 Å². The minimum Gasteiger partial charge on any atom is -0.378 e. The van der Waals surface area contributed by atoms with Crippen LogP contribution in [0.15, 0.2) is 59.8 Å². The van der Waals surface area contributed by atoms with Gasteiger partial charge in [0.05, 0.1) is 29.5 Å². The van der Waals surface area contributed by atoms with Crippen LogP contribution in [0.5, 0.6) is 0 Å². The number of aryl methyl sites for hydroxylation is 1. The number of carbonyl (C=O) groups is 1. The lowest BCUT2D eigenvalue weighted by Gasteiger charge is -2.27. The average molecular weight is 451 g/mol.